The lowest BCUT2D eigenvalue weighted by Crippen LogP contribution is -2.58. The molecule has 0 aromatic carbocycles. The van der Waals surface area contributed by atoms with E-state index in [1.54, 1.807) is 6.92 Å². The second kappa shape index (κ2) is 13.7. The lowest BCUT2D eigenvalue weighted by atomic mass is 9.98. The van der Waals surface area contributed by atoms with Crippen molar-refractivity contribution in [3.05, 3.63) is 0 Å². The number of thioether (sulfide) groups is 1. The molecule has 0 saturated heterocycles. The predicted molar refractivity (Wildman–Crippen MR) is 113 cm³/mol. The Bertz CT molecular complexity index is 548. The zero-order valence-electron chi connectivity index (χ0n) is 16.7. The van der Waals surface area contributed by atoms with Gasteiger partial charge in [-0.25, -0.2) is 4.79 Å². The molecule has 0 bridgehead atoms. The Morgan fingerprint density at radius 2 is 1.57 bits per heavy atom. The van der Waals surface area contributed by atoms with E-state index < -0.39 is 47.9 Å². The molecule has 28 heavy (non-hydrogen) atoms. The summed E-state index contributed by atoms with van der Waals surface area (Å²) < 4.78 is 0. The molecule has 0 heterocycles. The van der Waals surface area contributed by atoms with Gasteiger partial charge in [0, 0.05) is 5.75 Å². The van der Waals surface area contributed by atoms with Crippen LogP contribution in [0.5, 0.6) is 0 Å². The van der Waals surface area contributed by atoms with Gasteiger partial charge in [0.2, 0.25) is 17.7 Å². The van der Waals surface area contributed by atoms with E-state index in [4.69, 9.17) is 5.73 Å². The fourth-order valence-corrected chi connectivity index (χ4v) is 2.94. The standard InChI is InChI=1S/C17H32N4O5S2/c1-5-9(2)13(17(25)26)21-15(23)11(6-7-28-4)19-16(24)12(8-27)20-14(22)10(3)18/h9-13,27H,5-8,18H2,1-4H3,(H,19,24)(H,20,22)(H,21,23)(H,25,26). The number of aliphatic carboxylic acids is 1. The minimum Gasteiger partial charge on any atom is -0.480 e. The third kappa shape index (κ3) is 9.16. The van der Waals surface area contributed by atoms with Crippen molar-refractivity contribution in [1.29, 1.82) is 0 Å². The first kappa shape index (κ1) is 26.5. The second-order valence-corrected chi connectivity index (χ2v) is 7.94. The van der Waals surface area contributed by atoms with E-state index in [2.05, 4.69) is 28.6 Å². The number of nitrogens with one attached hydrogen (secondary N) is 3. The van der Waals surface area contributed by atoms with Crippen LogP contribution >= 0.6 is 24.4 Å². The van der Waals surface area contributed by atoms with Crippen LogP contribution in [0.25, 0.3) is 0 Å². The normalized spacial score (nSPS) is 16.2. The van der Waals surface area contributed by atoms with Crippen molar-refractivity contribution >= 4 is 48.1 Å². The smallest absolute Gasteiger partial charge is 0.326 e. The lowest BCUT2D eigenvalue weighted by Gasteiger charge is -2.26. The number of rotatable bonds is 13. The van der Waals surface area contributed by atoms with Crippen LogP contribution in [0.3, 0.4) is 0 Å². The van der Waals surface area contributed by atoms with Gasteiger partial charge in [-0.3, -0.25) is 14.4 Å². The number of carboxylic acid groups (broad SMARTS) is 1. The van der Waals surface area contributed by atoms with E-state index in [-0.39, 0.29) is 11.7 Å². The molecular weight excluding hydrogens is 404 g/mol. The number of carboxylic acids is 1. The molecule has 0 radical (unpaired) electrons. The zero-order valence-corrected chi connectivity index (χ0v) is 18.4. The average Bonchev–Trinajstić information content (AvgIpc) is 2.65. The van der Waals surface area contributed by atoms with Gasteiger partial charge in [-0.05, 0) is 31.3 Å². The third-order valence-corrected chi connectivity index (χ3v) is 5.26. The van der Waals surface area contributed by atoms with Gasteiger partial charge < -0.3 is 26.8 Å². The fraction of sp³-hybridized carbons (Fsp3) is 0.765. The van der Waals surface area contributed by atoms with Crippen molar-refractivity contribution in [3.63, 3.8) is 0 Å². The Hall–Kier alpha value is -1.46. The summed E-state index contributed by atoms with van der Waals surface area (Å²) in [5.41, 5.74) is 5.49. The highest BCUT2D eigenvalue weighted by Gasteiger charge is 2.31. The average molecular weight is 437 g/mol. The number of carbonyl (C=O) groups is 4. The molecule has 11 heteroatoms. The number of amides is 3. The SMILES string of the molecule is CCC(C)C(NC(=O)C(CCSC)NC(=O)C(CS)NC(=O)C(C)N)C(=O)O. The van der Waals surface area contributed by atoms with Crippen LogP contribution in [0.2, 0.25) is 0 Å². The zero-order chi connectivity index (χ0) is 21.9. The molecule has 5 atom stereocenters. The van der Waals surface area contributed by atoms with E-state index in [1.165, 1.54) is 18.7 Å². The molecule has 9 nitrogen and oxygen atoms in total. The molecule has 0 aromatic heterocycles. The quantitative estimate of drug-likeness (QED) is 0.215. The fourth-order valence-electron chi connectivity index (χ4n) is 2.21. The molecule has 0 fully saturated rings. The van der Waals surface area contributed by atoms with Crippen LogP contribution in [-0.4, -0.2) is 70.7 Å². The van der Waals surface area contributed by atoms with Crippen LogP contribution in [0.4, 0.5) is 0 Å². The summed E-state index contributed by atoms with van der Waals surface area (Å²) in [6, 6.07) is -3.74. The van der Waals surface area contributed by atoms with Gasteiger partial charge in [-0.2, -0.15) is 24.4 Å². The van der Waals surface area contributed by atoms with Gasteiger partial charge in [-0.1, -0.05) is 20.3 Å². The summed E-state index contributed by atoms with van der Waals surface area (Å²) in [4.78, 5) is 48.3. The van der Waals surface area contributed by atoms with Gasteiger partial charge in [0.05, 0.1) is 6.04 Å². The summed E-state index contributed by atoms with van der Waals surface area (Å²) in [7, 11) is 0. The van der Waals surface area contributed by atoms with E-state index in [9.17, 15) is 24.3 Å². The molecule has 0 aliphatic heterocycles. The molecule has 0 spiro atoms. The Kier molecular flexibility index (Phi) is 13.0. The molecule has 162 valence electrons. The second-order valence-electron chi connectivity index (χ2n) is 6.59. The van der Waals surface area contributed by atoms with Crippen molar-refractivity contribution < 1.29 is 24.3 Å². The highest BCUT2D eigenvalue weighted by molar-refractivity contribution is 7.98. The van der Waals surface area contributed by atoms with E-state index in [0.29, 0.717) is 18.6 Å². The maximum Gasteiger partial charge on any atom is 0.326 e. The monoisotopic (exact) mass is 436 g/mol. The summed E-state index contributed by atoms with van der Waals surface area (Å²) in [6.45, 7) is 5.05. The van der Waals surface area contributed by atoms with Gasteiger partial charge in [0.1, 0.15) is 18.1 Å². The van der Waals surface area contributed by atoms with Crippen molar-refractivity contribution in [2.75, 3.05) is 17.8 Å². The number of carbonyl (C=O) groups excluding carboxylic acids is 3. The largest absolute Gasteiger partial charge is 0.480 e. The van der Waals surface area contributed by atoms with Crippen LogP contribution in [0.1, 0.15) is 33.6 Å². The number of nitrogens with two attached hydrogens (primary N) is 1. The third-order valence-electron chi connectivity index (χ3n) is 4.25. The Morgan fingerprint density at radius 3 is 2.00 bits per heavy atom. The minimum atomic E-state index is -1.13. The van der Waals surface area contributed by atoms with E-state index in [1.807, 2.05) is 13.2 Å². The molecule has 0 saturated carbocycles. The molecule has 0 aliphatic rings. The Labute approximate surface area is 175 Å². The molecular formula is C17H32N4O5S2. The topological polar surface area (TPSA) is 151 Å². The summed E-state index contributed by atoms with van der Waals surface area (Å²) in [6.07, 6.45) is 2.74. The highest BCUT2D eigenvalue weighted by atomic mass is 32.2. The van der Waals surface area contributed by atoms with Crippen LogP contribution < -0.4 is 21.7 Å². The van der Waals surface area contributed by atoms with Crippen LogP contribution in [0.15, 0.2) is 0 Å². The summed E-state index contributed by atoms with van der Waals surface area (Å²) in [5, 5.41) is 16.9. The van der Waals surface area contributed by atoms with E-state index in [0.717, 1.165) is 0 Å². The first-order valence-corrected chi connectivity index (χ1v) is 11.1. The van der Waals surface area contributed by atoms with Crippen LogP contribution in [0, 0.1) is 5.92 Å². The van der Waals surface area contributed by atoms with Crippen molar-refractivity contribution in [3.8, 4) is 0 Å². The highest BCUT2D eigenvalue weighted by Crippen LogP contribution is 2.09. The maximum absolute atomic E-state index is 12.6. The predicted octanol–water partition coefficient (Wildman–Crippen LogP) is -0.398. The molecule has 6 N–H and O–H groups in total. The van der Waals surface area contributed by atoms with Crippen molar-refractivity contribution in [2.45, 2.75) is 57.8 Å². The first-order valence-electron chi connectivity index (χ1n) is 9.08. The first-order chi connectivity index (χ1) is 13.1. The van der Waals surface area contributed by atoms with Crippen molar-refractivity contribution in [1.82, 2.24) is 16.0 Å². The van der Waals surface area contributed by atoms with Gasteiger partial charge in [0.25, 0.3) is 0 Å². The molecule has 0 aromatic rings. The van der Waals surface area contributed by atoms with Crippen molar-refractivity contribution in [2.24, 2.45) is 11.7 Å². The Balaban J connectivity index is 5.22. The number of thiol groups is 1. The number of hydrogen-bond acceptors (Lipinski definition) is 7. The van der Waals surface area contributed by atoms with Crippen LogP contribution in [-0.2, 0) is 19.2 Å². The maximum atomic E-state index is 12.6. The summed E-state index contributed by atoms with van der Waals surface area (Å²) in [5.74, 6) is -2.47. The molecule has 0 aliphatic carbocycles. The van der Waals surface area contributed by atoms with Gasteiger partial charge in [0.15, 0.2) is 0 Å². The van der Waals surface area contributed by atoms with Gasteiger partial charge in [-0.15, -0.1) is 0 Å². The minimum absolute atomic E-state index is 0.0196. The molecule has 5 unspecified atom stereocenters. The molecule has 0 rings (SSSR count). The Morgan fingerprint density at radius 1 is 1.04 bits per heavy atom. The van der Waals surface area contributed by atoms with Gasteiger partial charge >= 0.3 is 5.97 Å². The number of hydrogen-bond donors (Lipinski definition) is 6. The van der Waals surface area contributed by atoms with E-state index >= 15 is 0 Å². The molecule has 3 amide bonds. The summed E-state index contributed by atoms with van der Waals surface area (Å²) >= 11 is 5.56. The lowest BCUT2D eigenvalue weighted by molar-refractivity contribution is -0.143.